The summed E-state index contributed by atoms with van der Waals surface area (Å²) in [5.41, 5.74) is 9.32. The van der Waals surface area contributed by atoms with Crippen molar-refractivity contribution < 1.29 is 9.53 Å². The zero-order valence-electron chi connectivity index (χ0n) is 19.9. The summed E-state index contributed by atoms with van der Waals surface area (Å²) in [6.45, 7) is 7.89. The van der Waals surface area contributed by atoms with Crippen molar-refractivity contribution in [3.8, 4) is 22.9 Å². The number of fused-ring (bicyclic) bond motifs is 1. The van der Waals surface area contributed by atoms with Gasteiger partial charge in [-0.15, -0.1) is 0 Å². The number of rotatable bonds is 7. The van der Waals surface area contributed by atoms with Crippen molar-refractivity contribution in [1.82, 2.24) is 19.9 Å². The van der Waals surface area contributed by atoms with Crippen LogP contribution in [0.4, 0.5) is 5.82 Å². The maximum atomic E-state index is 12.1. The zero-order chi connectivity index (χ0) is 24.2. The Morgan fingerprint density at radius 3 is 2.85 bits per heavy atom. The van der Waals surface area contributed by atoms with Crippen LogP contribution in [-0.2, 0) is 4.79 Å². The number of ether oxygens (including phenoxy) is 1. The summed E-state index contributed by atoms with van der Waals surface area (Å²) in [7, 11) is 0. The topological polar surface area (TPSA) is 122 Å². The van der Waals surface area contributed by atoms with Gasteiger partial charge in [0.2, 0.25) is 5.91 Å². The van der Waals surface area contributed by atoms with Gasteiger partial charge < -0.3 is 20.7 Å². The molecule has 3 aromatic rings. The fraction of sp³-hybridized carbons (Fsp3) is 0.440. The number of nitrogens with zero attached hydrogens (tertiary/aromatic N) is 5. The highest BCUT2D eigenvalue weighted by molar-refractivity contribution is 5.85. The number of aromatic nitrogens is 3. The van der Waals surface area contributed by atoms with Crippen LogP contribution in [0.5, 0.6) is 5.75 Å². The van der Waals surface area contributed by atoms with Crippen LogP contribution in [-0.4, -0.2) is 52.3 Å². The summed E-state index contributed by atoms with van der Waals surface area (Å²) in [6.07, 6.45) is 6.42. The molecule has 0 saturated carbocycles. The Morgan fingerprint density at radius 1 is 1.38 bits per heavy atom. The third-order valence-corrected chi connectivity index (χ3v) is 6.00. The molecule has 3 N–H and O–H groups in total. The van der Waals surface area contributed by atoms with E-state index in [1.807, 2.05) is 39.0 Å². The standard InChI is InChI=1S/C25H31N7O2/c1-4-34-19-10-20(25-18(11-26)13-29-32(25)14-19)17-5-6-23(28-12-17)31-8-7-22(21(27)15-31)30-24(33)9-16(2)3/h5-6,10,12-14,16,21-22H,4,7-9,15,27H2,1-3H3,(H,30,33)/t21-,22?/m1/s1. The average Bonchev–Trinajstić information content (AvgIpc) is 3.23. The molecule has 9 nitrogen and oxygen atoms in total. The van der Waals surface area contributed by atoms with E-state index in [9.17, 15) is 10.1 Å². The first-order valence-electron chi connectivity index (χ1n) is 11.7. The van der Waals surface area contributed by atoms with Gasteiger partial charge >= 0.3 is 0 Å². The molecule has 0 spiro atoms. The van der Waals surface area contributed by atoms with Crippen molar-refractivity contribution >= 4 is 17.2 Å². The summed E-state index contributed by atoms with van der Waals surface area (Å²) < 4.78 is 7.36. The molecule has 4 rings (SSSR count). The van der Waals surface area contributed by atoms with Crippen LogP contribution in [0, 0.1) is 17.2 Å². The summed E-state index contributed by atoms with van der Waals surface area (Å²) in [5.74, 6) is 1.89. The van der Waals surface area contributed by atoms with Gasteiger partial charge in [0.1, 0.15) is 17.6 Å². The van der Waals surface area contributed by atoms with Crippen LogP contribution in [0.1, 0.15) is 39.2 Å². The lowest BCUT2D eigenvalue weighted by atomic mass is 9.99. The minimum Gasteiger partial charge on any atom is -0.492 e. The molecule has 4 heterocycles. The van der Waals surface area contributed by atoms with E-state index < -0.39 is 0 Å². The normalized spacial score (nSPS) is 18.2. The Morgan fingerprint density at radius 2 is 2.21 bits per heavy atom. The molecule has 1 saturated heterocycles. The van der Waals surface area contributed by atoms with E-state index in [-0.39, 0.29) is 18.0 Å². The van der Waals surface area contributed by atoms with Crippen LogP contribution in [0.15, 0.2) is 36.8 Å². The summed E-state index contributed by atoms with van der Waals surface area (Å²) >= 11 is 0. The SMILES string of the molecule is CCOc1cc(-c2ccc(N3CCC(NC(=O)CC(C)C)[C@H](N)C3)nc2)c2c(C#N)cnn2c1. The van der Waals surface area contributed by atoms with Gasteiger partial charge in [0, 0.05) is 48.9 Å². The number of piperidine rings is 1. The number of amides is 1. The third kappa shape index (κ3) is 4.97. The maximum Gasteiger partial charge on any atom is 0.220 e. The molecule has 3 aromatic heterocycles. The Hall–Kier alpha value is -3.64. The van der Waals surface area contributed by atoms with Crippen LogP contribution in [0.3, 0.4) is 0 Å². The second-order valence-electron chi connectivity index (χ2n) is 9.06. The molecule has 2 atom stereocenters. The summed E-state index contributed by atoms with van der Waals surface area (Å²) in [4.78, 5) is 19.0. The van der Waals surface area contributed by atoms with Gasteiger partial charge in [-0.2, -0.15) is 10.4 Å². The van der Waals surface area contributed by atoms with E-state index in [1.54, 1.807) is 23.1 Å². The molecular weight excluding hydrogens is 430 g/mol. The predicted octanol–water partition coefficient (Wildman–Crippen LogP) is 2.73. The van der Waals surface area contributed by atoms with Gasteiger partial charge in [0.25, 0.3) is 0 Å². The van der Waals surface area contributed by atoms with Gasteiger partial charge in [-0.3, -0.25) is 4.79 Å². The number of anilines is 1. The van der Waals surface area contributed by atoms with E-state index >= 15 is 0 Å². The first kappa shape index (κ1) is 23.5. The molecule has 1 fully saturated rings. The fourth-order valence-electron chi connectivity index (χ4n) is 4.38. The molecule has 0 bridgehead atoms. The van der Waals surface area contributed by atoms with Crippen molar-refractivity contribution in [2.24, 2.45) is 11.7 Å². The van der Waals surface area contributed by atoms with Crippen LogP contribution in [0.2, 0.25) is 0 Å². The van der Waals surface area contributed by atoms with Crippen molar-refractivity contribution in [3.05, 3.63) is 42.4 Å². The molecule has 1 amide bonds. The highest BCUT2D eigenvalue weighted by Gasteiger charge is 2.28. The average molecular weight is 462 g/mol. The predicted molar refractivity (Wildman–Crippen MR) is 130 cm³/mol. The summed E-state index contributed by atoms with van der Waals surface area (Å²) in [5, 5.41) is 16.9. The number of hydrogen-bond acceptors (Lipinski definition) is 7. The Balaban J connectivity index is 1.52. The Labute approximate surface area is 199 Å². The Kier molecular flexibility index (Phi) is 6.98. The van der Waals surface area contributed by atoms with Crippen molar-refractivity contribution in [3.63, 3.8) is 0 Å². The maximum absolute atomic E-state index is 12.1. The first-order valence-corrected chi connectivity index (χ1v) is 11.7. The molecule has 9 heteroatoms. The van der Waals surface area contributed by atoms with E-state index in [4.69, 9.17) is 15.5 Å². The van der Waals surface area contributed by atoms with Gasteiger partial charge in [0.05, 0.1) is 30.1 Å². The molecule has 0 aromatic carbocycles. The number of carbonyl (C=O) groups excluding carboxylic acids is 1. The Bertz CT molecular complexity index is 1200. The highest BCUT2D eigenvalue weighted by atomic mass is 16.5. The highest BCUT2D eigenvalue weighted by Crippen LogP contribution is 2.31. The van der Waals surface area contributed by atoms with Crippen LogP contribution < -0.4 is 20.7 Å². The number of hydrogen-bond donors (Lipinski definition) is 2. The number of nitrogens with one attached hydrogen (secondary N) is 1. The molecule has 0 aliphatic carbocycles. The van der Waals surface area contributed by atoms with E-state index in [0.717, 1.165) is 35.4 Å². The molecular formula is C25H31N7O2. The van der Waals surface area contributed by atoms with E-state index in [1.165, 1.54) is 0 Å². The van der Waals surface area contributed by atoms with E-state index in [2.05, 4.69) is 21.4 Å². The van der Waals surface area contributed by atoms with Crippen LogP contribution in [0.25, 0.3) is 16.6 Å². The van der Waals surface area contributed by atoms with Gasteiger partial charge in [-0.25, -0.2) is 9.50 Å². The quantitative estimate of drug-likeness (QED) is 0.555. The number of nitrogens with two attached hydrogens (primary N) is 1. The molecule has 0 radical (unpaired) electrons. The molecule has 1 unspecified atom stereocenters. The largest absolute Gasteiger partial charge is 0.492 e. The molecule has 178 valence electrons. The van der Waals surface area contributed by atoms with Gasteiger partial charge in [-0.05, 0) is 37.5 Å². The zero-order valence-corrected chi connectivity index (χ0v) is 19.9. The van der Waals surface area contributed by atoms with Crippen LogP contribution >= 0.6 is 0 Å². The number of nitriles is 1. The van der Waals surface area contributed by atoms with Gasteiger partial charge in [-0.1, -0.05) is 13.8 Å². The van der Waals surface area contributed by atoms with Gasteiger partial charge in [0.15, 0.2) is 0 Å². The van der Waals surface area contributed by atoms with Crippen molar-refractivity contribution in [2.75, 3.05) is 24.6 Å². The smallest absolute Gasteiger partial charge is 0.220 e. The van der Waals surface area contributed by atoms with Crippen molar-refractivity contribution in [2.45, 2.75) is 45.7 Å². The van der Waals surface area contributed by atoms with Crippen molar-refractivity contribution in [1.29, 1.82) is 5.26 Å². The lowest BCUT2D eigenvalue weighted by molar-refractivity contribution is -0.122. The molecule has 34 heavy (non-hydrogen) atoms. The minimum absolute atomic E-state index is 0.0253. The first-order chi connectivity index (χ1) is 16.4. The molecule has 1 aliphatic rings. The number of pyridine rings is 2. The van der Waals surface area contributed by atoms with E-state index in [0.29, 0.717) is 36.8 Å². The second kappa shape index (κ2) is 10.1. The minimum atomic E-state index is -0.168. The summed E-state index contributed by atoms with van der Waals surface area (Å²) in [6, 6.07) is 7.89. The third-order valence-electron chi connectivity index (χ3n) is 6.00. The monoisotopic (exact) mass is 461 g/mol. The lowest BCUT2D eigenvalue weighted by Gasteiger charge is -2.37. The fourth-order valence-corrected chi connectivity index (χ4v) is 4.38. The number of carbonyl (C=O) groups is 1. The lowest BCUT2D eigenvalue weighted by Crippen LogP contribution is -2.58. The second-order valence-corrected chi connectivity index (χ2v) is 9.06. The molecule has 1 aliphatic heterocycles.